The van der Waals surface area contributed by atoms with E-state index >= 15 is 0 Å². The van der Waals surface area contributed by atoms with Crippen molar-refractivity contribution in [3.8, 4) is 11.3 Å². The van der Waals surface area contributed by atoms with Crippen molar-refractivity contribution in [2.24, 2.45) is 0 Å². The van der Waals surface area contributed by atoms with Crippen molar-refractivity contribution < 1.29 is 9.53 Å². The van der Waals surface area contributed by atoms with Crippen LogP contribution in [0.25, 0.3) is 28.1 Å². The van der Waals surface area contributed by atoms with E-state index in [-0.39, 0.29) is 12.4 Å². The predicted molar refractivity (Wildman–Crippen MR) is 95.5 cm³/mol. The number of carbonyl (C=O) groups excluding carboxylic acids is 1. The van der Waals surface area contributed by atoms with E-state index in [2.05, 4.69) is 27.2 Å². The Morgan fingerprint density at radius 3 is 2.80 bits per heavy atom. The van der Waals surface area contributed by atoms with Crippen LogP contribution in [0.1, 0.15) is 11.3 Å². The average molecular weight is 331 g/mol. The van der Waals surface area contributed by atoms with E-state index in [1.54, 1.807) is 0 Å². The van der Waals surface area contributed by atoms with Gasteiger partial charge in [-0.05, 0) is 18.1 Å². The molecule has 1 aliphatic rings. The second kappa shape index (κ2) is 5.21. The third-order valence-electron chi connectivity index (χ3n) is 5.00. The molecule has 0 unspecified atom stereocenters. The van der Waals surface area contributed by atoms with Gasteiger partial charge in [-0.3, -0.25) is 9.20 Å². The van der Waals surface area contributed by atoms with E-state index in [0.29, 0.717) is 0 Å². The second-order valence-electron chi connectivity index (χ2n) is 6.35. The zero-order valence-corrected chi connectivity index (χ0v) is 13.9. The quantitative estimate of drug-likeness (QED) is 0.542. The monoisotopic (exact) mass is 331 g/mol. The highest BCUT2D eigenvalue weighted by Crippen LogP contribution is 2.34. The molecule has 0 saturated carbocycles. The summed E-state index contributed by atoms with van der Waals surface area (Å²) < 4.78 is 9.32. The molecule has 0 aliphatic carbocycles. The van der Waals surface area contributed by atoms with Crippen molar-refractivity contribution in [1.29, 1.82) is 0 Å². The first-order chi connectivity index (χ1) is 12.3. The summed E-state index contributed by atoms with van der Waals surface area (Å²) in [6, 6.07) is 16.4. The summed E-state index contributed by atoms with van der Waals surface area (Å²) in [6.45, 7) is 0.926. The molecule has 5 rings (SSSR count). The van der Waals surface area contributed by atoms with E-state index in [4.69, 9.17) is 9.72 Å². The molecule has 124 valence electrons. The van der Waals surface area contributed by atoms with Crippen LogP contribution in [0.5, 0.6) is 0 Å². The summed E-state index contributed by atoms with van der Waals surface area (Å²) in [6.07, 6.45) is 1.23. The van der Waals surface area contributed by atoms with Crippen LogP contribution in [0.2, 0.25) is 0 Å². The summed E-state index contributed by atoms with van der Waals surface area (Å²) in [4.78, 5) is 17.0. The van der Waals surface area contributed by atoms with Crippen molar-refractivity contribution in [2.75, 3.05) is 7.11 Å². The molecule has 2 aromatic carbocycles. The van der Waals surface area contributed by atoms with Gasteiger partial charge in [0.1, 0.15) is 0 Å². The molecule has 0 saturated heterocycles. The van der Waals surface area contributed by atoms with Gasteiger partial charge in [0.05, 0.1) is 36.0 Å². The van der Waals surface area contributed by atoms with Gasteiger partial charge in [-0.25, -0.2) is 4.98 Å². The molecule has 0 radical (unpaired) electrons. The third kappa shape index (κ3) is 1.95. The number of esters is 1. The predicted octanol–water partition coefficient (Wildman–Crippen LogP) is 3.23. The second-order valence-corrected chi connectivity index (χ2v) is 6.35. The maximum Gasteiger partial charge on any atom is 0.311 e. The van der Waals surface area contributed by atoms with Gasteiger partial charge >= 0.3 is 5.97 Å². The topological polar surface area (TPSA) is 48.5 Å². The standard InChI is InChI=1S/C20H17N3O2/c1-25-17(24)12-16-18(13-6-3-2-4-7-13)21-20-22-11-10-14-8-5-9-15(19(14)22)23(16)20/h2-9H,10-12H2,1H3. The Morgan fingerprint density at radius 2 is 2.00 bits per heavy atom. The minimum absolute atomic E-state index is 0.200. The lowest BCUT2D eigenvalue weighted by Crippen LogP contribution is -2.08. The molecule has 3 heterocycles. The maximum atomic E-state index is 12.1. The highest BCUT2D eigenvalue weighted by Gasteiger charge is 2.26. The normalized spacial score (nSPS) is 13.0. The number of hydrogen-bond donors (Lipinski definition) is 0. The largest absolute Gasteiger partial charge is 0.469 e. The first kappa shape index (κ1) is 14.3. The molecule has 2 aromatic heterocycles. The molecule has 0 spiro atoms. The van der Waals surface area contributed by atoms with Gasteiger partial charge in [0.25, 0.3) is 0 Å². The van der Waals surface area contributed by atoms with Gasteiger partial charge in [0.2, 0.25) is 5.78 Å². The van der Waals surface area contributed by atoms with Gasteiger partial charge in [0.15, 0.2) is 0 Å². The molecular weight excluding hydrogens is 314 g/mol. The van der Waals surface area contributed by atoms with Crippen LogP contribution in [0.4, 0.5) is 0 Å². The minimum atomic E-state index is -0.256. The molecule has 0 fully saturated rings. The molecule has 4 aromatic rings. The smallest absolute Gasteiger partial charge is 0.311 e. The molecule has 1 aliphatic heterocycles. The van der Waals surface area contributed by atoms with Crippen LogP contribution in [-0.2, 0) is 28.9 Å². The third-order valence-corrected chi connectivity index (χ3v) is 5.00. The number of aryl methyl sites for hydroxylation is 2. The number of methoxy groups -OCH3 is 1. The Hall–Kier alpha value is -3.08. The Balaban J connectivity index is 1.87. The number of carbonyl (C=O) groups is 1. The van der Waals surface area contributed by atoms with E-state index in [1.807, 2.05) is 30.3 Å². The number of nitrogens with zero attached hydrogens (tertiary/aromatic N) is 3. The summed E-state index contributed by atoms with van der Waals surface area (Å²) >= 11 is 0. The van der Waals surface area contributed by atoms with Gasteiger partial charge in [0, 0.05) is 12.1 Å². The average Bonchev–Trinajstić information content (AvgIpc) is 3.31. The van der Waals surface area contributed by atoms with Gasteiger partial charge in [-0.2, -0.15) is 0 Å². The number of ether oxygens (including phenoxy) is 1. The number of para-hydroxylation sites is 1. The highest BCUT2D eigenvalue weighted by atomic mass is 16.5. The fourth-order valence-electron chi connectivity index (χ4n) is 3.89. The van der Waals surface area contributed by atoms with E-state index in [9.17, 15) is 4.79 Å². The molecule has 0 N–H and O–H groups in total. The van der Waals surface area contributed by atoms with Crippen molar-refractivity contribution >= 4 is 22.8 Å². The zero-order chi connectivity index (χ0) is 17.0. The number of fused-ring (bicyclic) bond motifs is 3. The summed E-state index contributed by atoms with van der Waals surface area (Å²) in [5, 5.41) is 0. The molecular formula is C20H17N3O2. The molecule has 25 heavy (non-hydrogen) atoms. The van der Waals surface area contributed by atoms with Crippen LogP contribution >= 0.6 is 0 Å². The summed E-state index contributed by atoms with van der Waals surface area (Å²) in [5.74, 6) is 0.644. The Kier molecular flexibility index (Phi) is 2.98. The van der Waals surface area contributed by atoms with Gasteiger partial charge in [-0.15, -0.1) is 0 Å². The Morgan fingerprint density at radius 1 is 1.16 bits per heavy atom. The summed E-state index contributed by atoms with van der Waals surface area (Å²) in [7, 11) is 1.42. The van der Waals surface area contributed by atoms with Crippen LogP contribution in [0.3, 0.4) is 0 Å². The number of aromatic nitrogens is 3. The van der Waals surface area contributed by atoms with Crippen molar-refractivity contribution in [2.45, 2.75) is 19.4 Å². The zero-order valence-electron chi connectivity index (χ0n) is 13.9. The van der Waals surface area contributed by atoms with E-state index in [0.717, 1.165) is 41.2 Å². The molecule has 0 bridgehead atoms. The first-order valence-corrected chi connectivity index (χ1v) is 8.41. The Bertz CT molecular complexity index is 1120. The van der Waals surface area contributed by atoms with Gasteiger partial charge < -0.3 is 9.30 Å². The number of rotatable bonds is 3. The van der Waals surface area contributed by atoms with Crippen LogP contribution in [0, 0.1) is 0 Å². The van der Waals surface area contributed by atoms with Gasteiger partial charge in [-0.1, -0.05) is 42.5 Å². The van der Waals surface area contributed by atoms with Crippen LogP contribution in [-0.4, -0.2) is 27.0 Å². The SMILES string of the molecule is COC(=O)Cc1c(-c2ccccc2)nc2n3c4c(cccc4n12)CC3. The maximum absolute atomic E-state index is 12.1. The first-order valence-electron chi connectivity index (χ1n) is 8.41. The van der Waals surface area contributed by atoms with Crippen LogP contribution < -0.4 is 0 Å². The summed E-state index contributed by atoms with van der Waals surface area (Å²) in [5.41, 5.74) is 6.43. The number of hydrogen-bond acceptors (Lipinski definition) is 3. The molecule has 5 heteroatoms. The fourth-order valence-corrected chi connectivity index (χ4v) is 3.89. The van der Waals surface area contributed by atoms with E-state index in [1.165, 1.54) is 18.2 Å². The molecule has 0 atom stereocenters. The minimum Gasteiger partial charge on any atom is -0.469 e. The van der Waals surface area contributed by atoms with Crippen LogP contribution in [0.15, 0.2) is 48.5 Å². The molecule has 0 amide bonds. The van der Waals surface area contributed by atoms with E-state index < -0.39 is 0 Å². The van der Waals surface area contributed by atoms with Crippen molar-refractivity contribution in [3.63, 3.8) is 0 Å². The molecule has 5 nitrogen and oxygen atoms in total. The van der Waals surface area contributed by atoms with Crippen molar-refractivity contribution in [1.82, 2.24) is 14.0 Å². The Labute approximate surface area is 144 Å². The number of benzene rings is 2. The highest BCUT2D eigenvalue weighted by molar-refractivity contribution is 5.88. The van der Waals surface area contributed by atoms with Crippen molar-refractivity contribution in [3.05, 3.63) is 59.8 Å². The fraction of sp³-hybridized carbons (Fsp3) is 0.200. The lowest BCUT2D eigenvalue weighted by atomic mass is 10.1. The number of imidazole rings is 2. The lowest BCUT2D eigenvalue weighted by molar-refractivity contribution is -0.139. The lowest BCUT2D eigenvalue weighted by Gasteiger charge is -2.05.